The lowest BCUT2D eigenvalue weighted by atomic mass is 9.80. The van der Waals surface area contributed by atoms with Gasteiger partial charge < -0.3 is 4.90 Å². The number of carbonyl (C=O) groups is 2. The summed E-state index contributed by atoms with van der Waals surface area (Å²) in [4.78, 5) is 33.0. The summed E-state index contributed by atoms with van der Waals surface area (Å²) in [7, 11) is 1.67. The molecule has 3 amide bonds. The van der Waals surface area contributed by atoms with E-state index in [9.17, 15) is 14.9 Å². The number of rotatable bonds is 5. The van der Waals surface area contributed by atoms with Gasteiger partial charge >= 0.3 is 6.03 Å². The van der Waals surface area contributed by atoms with Crippen LogP contribution in [0.1, 0.15) is 22.6 Å². The molecule has 0 aliphatic carbocycles. The Balaban J connectivity index is 1.41. The Kier molecular flexibility index (Phi) is 6.59. The lowest BCUT2D eigenvalue weighted by molar-refractivity contribution is -0.124. The zero-order valence-electron chi connectivity index (χ0n) is 21.5. The number of hydrogen-bond acceptors (Lipinski definition) is 5. The molecule has 2 aliphatic heterocycles. The van der Waals surface area contributed by atoms with Crippen molar-refractivity contribution in [3.63, 3.8) is 0 Å². The molecule has 0 unspecified atom stereocenters. The van der Waals surface area contributed by atoms with Gasteiger partial charge in [-0.2, -0.15) is 10.4 Å². The summed E-state index contributed by atoms with van der Waals surface area (Å²) in [6.07, 6.45) is 1.80. The van der Waals surface area contributed by atoms with E-state index in [1.807, 2.05) is 42.5 Å². The van der Waals surface area contributed by atoms with Crippen LogP contribution in [0.3, 0.4) is 0 Å². The lowest BCUT2D eigenvalue weighted by Crippen LogP contribution is -2.53. The second kappa shape index (κ2) is 10.1. The average Bonchev–Trinajstić information content (AvgIpc) is 3.62. The van der Waals surface area contributed by atoms with Crippen LogP contribution in [0.25, 0.3) is 11.3 Å². The number of nitrogens with one attached hydrogen (secondary N) is 1. The fraction of sp³-hybridized carbons (Fsp3) is 0.200. The Morgan fingerprint density at radius 1 is 1.05 bits per heavy atom. The normalized spacial score (nSPS) is 21.0. The number of benzene rings is 3. The van der Waals surface area contributed by atoms with Gasteiger partial charge in [-0.05, 0) is 41.5 Å². The number of nitriles is 1. The summed E-state index contributed by atoms with van der Waals surface area (Å²) in [6, 6.07) is 23.5. The Morgan fingerprint density at radius 2 is 1.75 bits per heavy atom. The first-order chi connectivity index (χ1) is 19.3. The first kappa shape index (κ1) is 26.1. The number of carbonyl (C=O) groups excluding carboxylic acids is 2. The van der Waals surface area contributed by atoms with E-state index in [2.05, 4.69) is 21.2 Å². The van der Waals surface area contributed by atoms with Gasteiger partial charge in [0.1, 0.15) is 5.54 Å². The number of likely N-dealkylation sites (N-methyl/N-ethyl adjacent to an activating group) is 1. The smallest absolute Gasteiger partial charge is 0.310 e. The van der Waals surface area contributed by atoms with Crippen LogP contribution in [-0.4, -0.2) is 57.6 Å². The summed E-state index contributed by atoms with van der Waals surface area (Å²) in [6.45, 7) is 1.34. The molecule has 0 radical (unpaired) electrons. The van der Waals surface area contributed by atoms with Crippen molar-refractivity contribution in [3.8, 4) is 17.3 Å². The summed E-state index contributed by atoms with van der Waals surface area (Å²) in [5.41, 5.74) is 3.45. The molecule has 2 saturated heterocycles. The van der Waals surface area contributed by atoms with Gasteiger partial charge in [0.05, 0.1) is 29.2 Å². The van der Waals surface area contributed by atoms with Crippen molar-refractivity contribution >= 4 is 40.8 Å². The Hall–Kier alpha value is -4.16. The van der Waals surface area contributed by atoms with Crippen LogP contribution in [0.15, 0.2) is 79.0 Å². The third-order valence-corrected chi connectivity index (χ3v) is 8.29. The highest BCUT2D eigenvalue weighted by Crippen LogP contribution is 2.47. The number of amides is 3. The Labute approximate surface area is 241 Å². The van der Waals surface area contributed by atoms with Gasteiger partial charge in [0.25, 0.3) is 5.91 Å². The molecule has 2 aliphatic rings. The zero-order chi connectivity index (χ0) is 28.0. The number of H-pyrrole nitrogens is 1. The van der Waals surface area contributed by atoms with Gasteiger partial charge in [-0.15, -0.1) is 0 Å². The predicted octanol–water partition coefficient (Wildman–Crippen LogP) is 5.69. The predicted molar refractivity (Wildman–Crippen MR) is 153 cm³/mol. The van der Waals surface area contributed by atoms with E-state index < -0.39 is 11.6 Å². The van der Waals surface area contributed by atoms with Gasteiger partial charge in [0.2, 0.25) is 0 Å². The fourth-order valence-electron chi connectivity index (χ4n) is 5.94. The van der Waals surface area contributed by atoms with Crippen LogP contribution in [0.5, 0.6) is 0 Å². The summed E-state index contributed by atoms with van der Waals surface area (Å²) < 4.78 is 0. The van der Waals surface area contributed by atoms with Crippen LogP contribution in [-0.2, 0) is 11.3 Å². The highest BCUT2D eigenvalue weighted by atomic mass is 35.5. The Morgan fingerprint density at radius 3 is 2.42 bits per heavy atom. The minimum Gasteiger partial charge on any atom is -0.310 e. The molecule has 0 saturated carbocycles. The maximum atomic E-state index is 14.4. The fourth-order valence-corrected chi connectivity index (χ4v) is 6.45. The molecule has 2 fully saturated rings. The van der Waals surface area contributed by atoms with Gasteiger partial charge in [0.15, 0.2) is 0 Å². The monoisotopic (exact) mass is 570 g/mol. The first-order valence-corrected chi connectivity index (χ1v) is 13.5. The molecule has 40 heavy (non-hydrogen) atoms. The van der Waals surface area contributed by atoms with Crippen molar-refractivity contribution in [1.29, 1.82) is 5.26 Å². The van der Waals surface area contributed by atoms with E-state index in [1.165, 1.54) is 4.90 Å². The van der Waals surface area contributed by atoms with E-state index >= 15 is 0 Å². The molecule has 2 atom stereocenters. The largest absolute Gasteiger partial charge is 0.332 e. The SMILES string of the molecule is CN1C(=O)N(c2cc(Cl)cc(Cl)c2)C(=O)[C@]12CN(Cc1cn[nH]c1-c1ccccc1)C[C@H]2c1ccc(C#N)cc1. The van der Waals surface area contributed by atoms with Gasteiger partial charge in [0, 0.05) is 48.2 Å². The molecule has 4 aromatic rings. The highest BCUT2D eigenvalue weighted by molar-refractivity contribution is 6.35. The van der Waals surface area contributed by atoms with Crippen LogP contribution < -0.4 is 4.90 Å². The molecule has 0 bridgehead atoms. The molecule has 1 aromatic heterocycles. The number of urea groups is 1. The van der Waals surface area contributed by atoms with Crippen molar-refractivity contribution < 1.29 is 9.59 Å². The van der Waals surface area contributed by atoms with Crippen LogP contribution in [0, 0.1) is 11.3 Å². The molecule has 8 nitrogen and oxygen atoms in total. The lowest BCUT2D eigenvalue weighted by Gasteiger charge is -2.34. The minimum atomic E-state index is -1.18. The average molecular weight is 571 g/mol. The molecule has 200 valence electrons. The third kappa shape index (κ3) is 4.23. The maximum Gasteiger partial charge on any atom is 0.332 e. The van der Waals surface area contributed by atoms with Crippen molar-refractivity contribution in [2.75, 3.05) is 25.0 Å². The number of likely N-dealkylation sites (tertiary alicyclic amines) is 1. The minimum absolute atomic E-state index is 0.308. The van der Waals surface area contributed by atoms with E-state index in [1.54, 1.807) is 48.5 Å². The maximum absolute atomic E-state index is 14.4. The van der Waals surface area contributed by atoms with Crippen molar-refractivity contribution in [3.05, 3.63) is 106 Å². The number of anilines is 1. The third-order valence-electron chi connectivity index (χ3n) is 7.85. The molecule has 1 N–H and O–H groups in total. The van der Waals surface area contributed by atoms with Crippen LogP contribution in [0.2, 0.25) is 10.0 Å². The summed E-state index contributed by atoms with van der Waals surface area (Å²) in [5, 5.41) is 17.4. The van der Waals surface area contributed by atoms with E-state index in [0.717, 1.165) is 22.4 Å². The van der Waals surface area contributed by atoms with Crippen molar-refractivity contribution in [1.82, 2.24) is 20.0 Å². The second-order valence-corrected chi connectivity index (χ2v) is 11.0. The Bertz CT molecular complexity index is 1630. The second-order valence-electron chi connectivity index (χ2n) is 10.1. The quantitative estimate of drug-likeness (QED) is 0.311. The topological polar surface area (TPSA) is 96.3 Å². The number of aromatic amines is 1. The first-order valence-electron chi connectivity index (χ1n) is 12.7. The van der Waals surface area contributed by atoms with E-state index in [0.29, 0.717) is 40.9 Å². The molecule has 10 heteroatoms. The van der Waals surface area contributed by atoms with Crippen molar-refractivity contribution in [2.45, 2.75) is 18.0 Å². The molecule has 3 heterocycles. The van der Waals surface area contributed by atoms with Gasteiger partial charge in [-0.1, -0.05) is 65.7 Å². The standard InChI is InChI=1S/C30H24Cl2N6O2/c1-36-29(40)38(25-12-23(31)11-24(32)13-25)28(39)30(36)18-37(17-26(30)20-9-7-19(14-33)8-10-20)16-22-15-34-35-27(22)21-5-3-2-4-6-21/h2-13,15,26H,16-18H2,1H3,(H,34,35)/t26-,30+/m0/s1. The highest BCUT2D eigenvalue weighted by Gasteiger charge is 2.64. The molecule has 1 spiro atoms. The summed E-state index contributed by atoms with van der Waals surface area (Å²) in [5.74, 6) is -0.695. The molecule has 3 aromatic carbocycles. The zero-order valence-corrected chi connectivity index (χ0v) is 23.0. The van der Waals surface area contributed by atoms with E-state index in [-0.39, 0.29) is 11.8 Å². The van der Waals surface area contributed by atoms with Gasteiger partial charge in [-0.25, -0.2) is 9.69 Å². The van der Waals surface area contributed by atoms with E-state index in [4.69, 9.17) is 23.2 Å². The molecule has 6 rings (SSSR count). The number of halogens is 2. The molecular weight excluding hydrogens is 547 g/mol. The van der Waals surface area contributed by atoms with Gasteiger partial charge in [-0.3, -0.25) is 14.8 Å². The van der Waals surface area contributed by atoms with Crippen LogP contribution in [0.4, 0.5) is 10.5 Å². The molecular formula is C30H24Cl2N6O2. The van der Waals surface area contributed by atoms with Crippen molar-refractivity contribution in [2.24, 2.45) is 0 Å². The number of aromatic nitrogens is 2. The number of hydrogen-bond donors (Lipinski definition) is 1. The number of imide groups is 1. The van der Waals surface area contributed by atoms with Crippen LogP contribution >= 0.6 is 23.2 Å². The number of nitrogens with zero attached hydrogens (tertiary/aromatic N) is 5. The summed E-state index contributed by atoms with van der Waals surface area (Å²) >= 11 is 12.5.